The molecule has 0 unspecified atom stereocenters. The molecule has 0 amide bonds. The van der Waals surface area contributed by atoms with E-state index in [-0.39, 0.29) is 0 Å². The molecule has 0 aromatic carbocycles. The van der Waals surface area contributed by atoms with Gasteiger partial charge in [-0.2, -0.15) is 0 Å². The van der Waals surface area contributed by atoms with Crippen molar-refractivity contribution in [2.45, 2.75) is 45.7 Å². The van der Waals surface area contributed by atoms with Gasteiger partial charge in [0.25, 0.3) is 0 Å². The number of halogens is 3. The van der Waals surface area contributed by atoms with Gasteiger partial charge in [0, 0.05) is 18.6 Å². The number of nitrogens with one attached hydrogen (secondary N) is 1. The summed E-state index contributed by atoms with van der Waals surface area (Å²) in [6.07, 6.45) is 11.5. The van der Waals surface area contributed by atoms with Crippen molar-refractivity contribution in [3.05, 3.63) is 86.1 Å². The Labute approximate surface area is 232 Å². The maximum absolute atomic E-state index is 6.40. The maximum Gasteiger partial charge on any atom is 0.140 e. The van der Waals surface area contributed by atoms with Gasteiger partial charge in [0.05, 0.1) is 61.8 Å². The van der Waals surface area contributed by atoms with Gasteiger partial charge in [-0.3, -0.25) is 0 Å². The van der Waals surface area contributed by atoms with Crippen molar-refractivity contribution in [1.29, 1.82) is 0 Å². The van der Waals surface area contributed by atoms with E-state index in [1.807, 2.05) is 45.7 Å². The Hall–Kier alpha value is -2.63. The average Bonchev–Trinajstić information content (AvgIpc) is 3.59. The summed E-state index contributed by atoms with van der Waals surface area (Å²) >= 11 is 14.9. The van der Waals surface area contributed by atoms with Gasteiger partial charge in [-0.1, -0.05) is 48.8 Å². The number of imidazole rings is 2. The summed E-state index contributed by atoms with van der Waals surface area (Å²) in [7, 11) is 0. The molecule has 0 radical (unpaired) electrons. The summed E-state index contributed by atoms with van der Waals surface area (Å²) in [5, 5.41) is 13.3. The van der Waals surface area contributed by atoms with Crippen molar-refractivity contribution in [1.82, 2.24) is 39.1 Å². The molecule has 36 heavy (non-hydrogen) atoms. The minimum atomic E-state index is 0.417. The molecule has 0 fully saturated rings. The summed E-state index contributed by atoms with van der Waals surface area (Å²) in [4.78, 5) is 9.41. The lowest BCUT2D eigenvalue weighted by molar-refractivity contribution is 0.638. The molecule has 0 aliphatic rings. The van der Waals surface area contributed by atoms with Crippen LogP contribution < -0.4 is 5.32 Å². The van der Waals surface area contributed by atoms with Crippen LogP contribution in [0.4, 0.5) is 0 Å². The van der Waals surface area contributed by atoms with E-state index in [2.05, 4.69) is 63.6 Å². The Morgan fingerprint density at radius 3 is 2.75 bits per heavy atom. The lowest BCUT2D eigenvalue weighted by Crippen LogP contribution is -2.12. The number of hydrogen-bond donors (Lipinski definition) is 1. The number of pyridine rings is 2. The molecule has 0 saturated heterocycles. The first kappa shape index (κ1) is 25.0. The van der Waals surface area contributed by atoms with E-state index in [1.54, 1.807) is 11.0 Å². The summed E-state index contributed by atoms with van der Waals surface area (Å²) in [6, 6.07) is 3.89. The van der Waals surface area contributed by atoms with Crippen LogP contribution in [0.25, 0.3) is 16.9 Å². The van der Waals surface area contributed by atoms with Gasteiger partial charge in [-0.05, 0) is 59.0 Å². The Bertz CT molecular complexity index is 1560. The van der Waals surface area contributed by atoms with Crippen LogP contribution in [0.15, 0.2) is 49.8 Å². The smallest absolute Gasteiger partial charge is 0.140 e. The molecule has 0 aliphatic carbocycles. The van der Waals surface area contributed by atoms with E-state index in [1.165, 1.54) is 5.56 Å². The second kappa shape index (κ2) is 10.4. The van der Waals surface area contributed by atoms with Crippen molar-refractivity contribution in [3.63, 3.8) is 0 Å². The van der Waals surface area contributed by atoms with Crippen molar-refractivity contribution in [2.75, 3.05) is 0 Å². The van der Waals surface area contributed by atoms with E-state index >= 15 is 0 Å². The van der Waals surface area contributed by atoms with E-state index in [4.69, 9.17) is 28.2 Å². The second-order valence-electron chi connectivity index (χ2n) is 8.65. The molecule has 11 heteroatoms. The van der Waals surface area contributed by atoms with Gasteiger partial charge in [0.1, 0.15) is 11.3 Å². The number of aromatic nitrogens is 7. The van der Waals surface area contributed by atoms with E-state index in [0.29, 0.717) is 40.4 Å². The van der Waals surface area contributed by atoms with Gasteiger partial charge in [0.2, 0.25) is 0 Å². The third-order valence-electron chi connectivity index (χ3n) is 6.33. The molecule has 0 bridgehead atoms. The lowest BCUT2D eigenvalue weighted by atomic mass is 9.95. The van der Waals surface area contributed by atoms with Crippen molar-refractivity contribution >= 4 is 62.7 Å². The first-order valence-electron chi connectivity index (χ1n) is 11.7. The molecular weight excluding hydrogens is 610 g/mol. The minimum Gasteiger partial charge on any atom is -0.378 e. The molecule has 0 saturated carbocycles. The Balaban J connectivity index is 1.31. The molecule has 0 atom stereocenters. The molecule has 186 valence electrons. The third-order valence-corrected chi connectivity index (χ3v) is 8.26. The van der Waals surface area contributed by atoms with Gasteiger partial charge >= 0.3 is 0 Å². The number of hydrogen-bond acceptors (Lipinski definition) is 5. The zero-order chi connectivity index (χ0) is 25.4. The number of nitrogens with zero attached hydrogens (tertiary/aromatic N) is 7. The van der Waals surface area contributed by atoms with Crippen molar-refractivity contribution < 1.29 is 0 Å². The third kappa shape index (κ3) is 4.83. The van der Waals surface area contributed by atoms with Crippen molar-refractivity contribution in [3.8, 4) is 0 Å². The summed E-state index contributed by atoms with van der Waals surface area (Å²) in [5.74, 6) is 0.417. The highest BCUT2D eigenvalue weighted by atomic mass is 127. The molecule has 5 aromatic heterocycles. The largest absolute Gasteiger partial charge is 0.378 e. The van der Waals surface area contributed by atoms with Crippen LogP contribution in [-0.4, -0.2) is 33.8 Å². The number of fused-ring (bicyclic) bond motifs is 2. The van der Waals surface area contributed by atoms with E-state index < -0.39 is 0 Å². The van der Waals surface area contributed by atoms with E-state index in [0.717, 1.165) is 39.0 Å². The highest BCUT2D eigenvalue weighted by Crippen LogP contribution is 2.29. The first-order chi connectivity index (χ1) is 17.4. The zero-order valence-electron chi connectivity index (χ0n) is 19.9. The predicted octanol–water partition coefficient (Wildman–Crippen LogP) is 6.20. The fraction of sp³-hybridized carbons (Fsp3) is 0.280. The fourth-order valence-corrected chi connectivity index (χ4v) is 5.56. The first-order valence-corrected chi connectivity index (χ1v) is 13.5. The SMILES string of the molecule is C=C(NCc1ncn2ccc(Cl)c(I)c12)c1cn(Cc2cn3cc(Cl)cc(C(CC)CC)c3n2)nn1. The molecule has 5 heterocycles. The maximum atomic E-state index is 6.40. The molecule has 5 aromatic rings. The molecule has 5 rings (SSSR count). The topological polar surface area (TPSA) is 77.3 Å². The van der Waals surface area contributed by atoms with Crippen molar-refractivity contribution in [2.24, 2.45) is 0 Å². The Morgan fingerprint density at radius 2 is 1.97 bits per heavy atom. The highest BCUT2D eigenvalue weighted by Gasteiger charge is 2.16. The average molecular weight is 635 g/mol. The monoisotopic (exact) mass is 634 g/mol. The van der Waals surface area contributed by atoms with Crippen LogP contribution in [0.2, 0.25) is 10.0 Å². The minimum absolute atomic E-state index is 0.417. The zero-order valence-corrected chi connectivity index (χ0v) is 23.6. The predicted molar refractivity (Wildman–Crippen MR) is 151 cm³/mol. The molecule has 8 nitrogen and oxygen atoms in total. The fourth-order valence-electron chi connectivity index (χ4n) is 4.42. The molecule has 1 N–H and O–H groups in total. The van der Waals surface area contributed by atoms with Gasteiger partial charge in [-0.25, -0.2) is 14.6 Å². The van der Waals surface area contributed by atoms with Crippen LogP contribution >= 0.6 is 45.8 Å². The lowest BCUT2D eigenvalue weighted by Gasteiger charge is -2.14. The number of rotatable bonds is 9. The summed E-state index contributed by atoms with van der Waals surface area (Å²) < 4.78 is 6.69. The highest BCUT2D eigenvalue weighted by molar-refractivity contribution is 14.1. The van der Waals surface area contributed by atoms with Crippen LogP contribution in [0.3, 0.4) is 0 Å². The van der Waals surface area contributed by atoms with Gasteiger partial charge in [-0.15, -0.1) is 5.10 Å². The summed E-state index contributed by atoms with van der Waals surface area (Å²) in [5.41, 5.74) is 6.19. The van der Waals surface area contributed by atoms with E-state index in [9.17, 15) is 0 Å². The molecule has 0 aliphatic heterocycles. The van der Waals surface area contributed by atoms with Crippen LogP contribution in [0, 0.1) is 3.57 Å². The summed E-state index contributed by atoms with van der Waals surface area (Å²) in [6.45, 7) is 9.50. The van der Waals surface area contributed by atoms with Crippen LogP contribution in [0.1, 0.15) is 55.3 Å². The van der Waals surface area contributed by atoms with Crippen LogP contribution in [-0.2, 0) is 13.1 Å². The van der Waals surface area contributed by atoms with Gasteiger partial charge in [0.15, 0.2) is 0 Å². The molecular formula is C25H25Cl2IN8. The van der Waals surface area contributed by atoms with Crippen LogP contribution in [0.5, 0.6) is 0 Å². The Morgan fingerprint density at radius 1 is 1.17 bits per heavy atom. The normalized spacial score (nSPS) is 11.7. The molecule has 0 spiro atoms. The second-order valence-corrected chi connectivity index (χ2v) is 10.6. The van der Waals surface area contributed by atoms with Gasteiger partial charge < -0.3 is 14.1 Å². The standard InChI is InChI=1S/C25H25Cl2IN8/c1-4-16(5-2)19-8-17(26)10-35-11-18(31-25(19)35)12-36-13-22(32-33-36)15(3)29-9-21-24-23(28)20(27)6-7-34(24)14-30-21/h6-8,10-11,13-14,16,29H,3-5,9,12H2,1-2H3. The Kier molecular flexibility index (Phi) is 7.23. The quantitative estimate of drug-likeness (QED) is 0.196.